The van der Waals surface area contributed by atoms with Gasteiger partial charge in [-0.2, -0.15) is 0 Å². The molecule has 1 aliphatic rings. The summed E-state index contributed by atoms with van der Waals surface area (Å²) in [6, 6.07) is 4.42. The van der Waals surface area contributed by atoms with Gasteiger partial charge in [0.25, 0.3) is 0 Å². The van der Waals surface area contributed by atoms with Crippen LogP contribution in [-0.2, 0) is 0 Å². The zero-order valence-electron chi connectivity index (χ0n) is 10.5. The van der Waals surface area contributed by atoms with Crippen molar-refractivity contribution >= 4 is 15.9 Å². The fourth-order valence-corrected chi connectivity index (χ4v) is 3.14. The summed E-state index contributed by atoms with van der Waals surface area (Å²) in [7, 11) is 2.03. The van der Waals surface area contributed by atoms with E-state index in [1.165, 1.54) is 44.9 Å². The van der Waals surface area contributed by atoms with Gasteiger partial charge in [0.05, 0.1) is 6.04 Å². The lowest BCUT2D eigenvalue weighted by atomic mass is 9.92. The van der Waals surface area contributed by atoms with Crippen molar-refractivity contribution in [1.29, 1.82) is 0 Å². The number of halogens is 1. The smallest absolute Gasteiger partial charge is 0.169 e. The second-order valence-electron chi connectivity index (χ2n) is 5.08. The van der Waals surface area contributed by atoms with Crippen LogP contribution in [0.5, 0.6) is 0 Å². The maximum Gasteiger partial charge on any atom is 0.169 e. The third kappa shape index (κ3) is 3.85. The zero-order valence-corrected chi connectivity index (χ0v) is 12.1. The lowest BCUT2D eigenvalue weighted by molar-refractivity contribution is 0.327. The molecular weight excluding hydrogens is 278 g/mol. The Labute approximate surface area is 112 Å². The first-order valence-electron chi connectivity index (χ1n) is 6.72. The summed E-state index contributed by atoms with van der Waals surface area (Å²) in [6.07, 6.45) is 9.64. The van der Waals surface area contributed by atoms with Gasteiger partial charge in [-0.25, -0.2) is 0 Å². The van der Waals surface area contributed by atoms with Gasteiger partial charge < -0.3 is 9.73 Å². The first-order chi connectivity index (χ1) is 8.29. The van der Waals surface area contributed by atoms with Crippen molar-refractivity contribution in [2.24, 2.45) is 5.92 Å². The lowest BCUT2D eigenvalue weighted by Gasteiger charge is -2.20. The van der Waals surface area contributed by atoms with Crippen LogP contribution in [0.25, 0.3) is 0 Å². The van der Waals surface area contributed by atoms with Crippen LogP contribution in [0.15, 0.2) is 21.2 Å². The minimum absolute atomic E-state index is 0.365. The predicted octanol–water partition coefficient (Wildman–Crippen LogP) is 4.66. The van der Waals surface area contributed by atoms with Gasteiger partial charge in [-0.05, 0) is 47.4 Å². The van der Waals surface area contributed by atoms with Gasteiger partial charge in [0.2, 0.25) is 0 Å². The molecule has 0 bridgehead atoms. The van der Waals surface area contributed by atoms with Crippen LogP contribution in [-0.4, -0.2) is 7.05 Å². The molecule has 0 radical (unpaired) electrons. The van der Waals surface area contributed by atoms with E-state index < -0.39 is 0 Å². The first-order valence-corrected chi connectivity index (χ1v) is 7.51. The summed E-state index contributed by atoms with van der Waals surface area (Å²) < 4.78 is 6.49. The Morgan fingerprint density at radius 2 is 2.00 bits per heavy atom. The monoisotopic (exact) mass is 299 g/mol. The molecule has 0 spiro atoms. The normalized spacial score (nSPS) is 20.1. The van der Waals surface area contributed by atoms with Crippen molar-refractivity contribution < 1.29 is 4.42 Å². The summed E-state index contributed by atoms with van der Waals surface area (Å²) >= 11 is 3.37. The molecule has 0 aromatic carbocycles. The van der Waals surface area contributed by atoms with Crippen LogP contribution in [0.4, 0.5) is 0 Å². The largest absolute Gasteiger partial charge is 0.453 e. The number of hydrogen-bond acceptors (Lipinski definition) is 2. The molecule has 1 atom stereocenters. The summed E-state index contributed by atoms with van der Waals surface area (Å²) in [6.45, 7) is 0. The highest BCUT2D eigenvalue weighted by molar-refractivity contribution is 9.10. The number of nitrogens with one attached hydrogen (secondary N) is 1. The van der Waals surface area contributed by atoms with Gasteiger partial charge in [-0.15, -0.1) is 0 Å². The van der Waals surface area contributed by atoms with Gasteiger partial charge in [-0.1, -0.05) is 38.5 Å². The molecule has 1 heterocycles. The number of hydrogen-bond donors (Lipinski definition) is 1. The molecule has 1 aliphatic carbocycles. The molecule has 0 amide bonds. The average Bonchev–Trinajstić information content (AvgIpc) is 2.62. The van der Waals surface area contributed by atoms with Crippen LogP contribution >= 0.6 is 15.9 Å². The molecule has 1 fully saturated rings. The van der Waals surface area contributed by atoms with E-state index in [4.69, 9.17) is 4.42 Å². The molecule has 1 saturated carbocycles. The summed E-state index contributed by atoms with van der Waals surface area (Å²) in [4.78, 5) is 0. The number of furan rings is 1. The highest BCUT2D eigenvalue weighted by Gasteiger charge is 2.20. The minimum atomic E-state index is 0.365. The van der Waals surface area contributed by atoms with Crippen molar-refractivity contribution in [3.8, 4) is 0 Å². The maximum absolute atomic E-state index is 5.66. The zero-order chi connectivity index (χ0) is 12.1. The van der Waals surface area contributed by atoms with Crippen LogP contribution < -0.4 is 5.32 Å². The highest BCUT2D eigenvalue weighted by atomic mass is 79.9. The fraction of sp³-hybridized carbons (Fsp3) is 0.714. The van der Waals surface area contributed by atoms with Gasteiger partial charge in [0, 0.05) is 0 Å². The molecule has 1 N–H and O–H groups in total. The van der Waals surface area contributed by atoms with Crippen LogP contribution in [0, 0.1) is 5.92 Å². The topological polar surface area (TPSA) is 25.2 Å². The molecule has 1 unspecified atom stereocenters. The van der Waals surface area contributed by atoms with E-state index >= 15 is 0 Å². The van der Waals surface area contributed by atoms with Crippen molar-refractivity contribution in [1.82, 2.24) is 5.32 Å². The Morgan fingerprint density at radius 1 is 1.29 bits per heavy atom. The molecule has 0 saturated heterocycles. The molecule has 96 valence electrons. The van der Waals surface area contributed by atoms with Crippen molar-refractivity contribution in [3.05, 3.63) is 22.6 Å². The van der Waals surface area contributed by atoms with Gasteiger partial charge in [-0.3, -0.25) is 0 Å². The second kappa shape index (κ2) is 6.60. The quantitative estimate of drug-likeness (QED) is 0.818. The van der Waals surface area contributed by atoms with E-state index in [1.807, 2.05) is 13.1 Å². The predicted molar refractivity (Wildman–Crippen MR) is 74.0 cm³/mol. The molecule has 1 aromatic heterocycles. The molecule has 17 heavy (non-hydrogen) atoms. The summed E-state index contributed by atoms with van der Waals surface area (Å²) in [5.41, 5.74) is 0. The highest BCUT2D eigenvalue weighted by Crippen LogP contribution is 2.32. The Hall–Kier alpha value is -0.280. The Morgan fingerprint density at radius 3 is 2.53 bits per heavy atom. The lowest BCUT2D eigenvalue weighted by Crippen LogP contribution is -2.19. The maximum atomic E-state index is 5.66. The molecule has 0 aliphatic heterocycles. The van der Waals surface area contributed by atoms with Crippen molar-refractivity contribution in [3.63, 3.8) is 0 Å². The molecule has 2 rings (SSSR count). The van der Waals surface area contributed by atoms with E-state index in [2.05, 4.69) is 27.3 Å². The Balaban J connectivity index is 1.94. The third-order valence-electron chi connectivity index (χ3n) is 3.83. The minimum Gasteiger partial charge on any atom is -0.453 e. The third-order valence-corrected chi connectivity index (χ3v) is 4.26. The van der Waals surface area contributed by atoms with E-state index in [9.17, 15) is 0 Å². The Bertz CT molecular complexity index is 329. The van der Waals surface area contributed by atoms with Crippen LogP contribution in [0.3, 0.4) is 0 Å². The van der Waals surface area contributed by atoms with Crippen LogP contribution in [0.1, 0.15) is 56.7 Å². The van der Waals surface area contributed by atoms with Gasteiger partial charge >= 0.3 is 0 Å². The summed E-state index contributed by atoms with van der Waals surface area (Å²) in [5, 5.41) is 3.38. The van der Waals surface area contributed by atoms with E-state index in [0.717, 1.165) is 16.3 Å². The molecule has 3 heteroatoms. The Kier molecular flexibility index (Phi) is 5.11. The standard InChI is InChI=1S/C14H22BrNO/c1-16-12(13-8-9-14(15)17-13)10-11-6-4-2-3-5-7-11/h8-9,11-12,16H,2-7,10H2,1H3. The first kappa shape index (κ1) is 13.2. The van der Waals surface area contributed by atoms with E-state index in [0.29, 0.717) is 6.04 Å². The second-order valence-corrected chi connectivity index (χ2v) is 5.86. The molecule has 1 aromatic rings. The van der Waals surface area contributed by atoms with Gasteiger partial charge in [0.15, 0.2) is 4.67 Å². The van der Waals surface area contributed by atoms with Gasteiger partial charge in [0.1, 0.15) is 5.76 Å². The average molecular weight is 300 g/mol. The van der Waals surface area contributed by atoms with Crippen molar-refractivity contribution in [2.75, 3.05) is 7.05 Å². The van der Waals surface area contributed by atoms with E-state index in [-0.39, 0.29) is 0 Å². The number of rotatable bonds is 4. The summed E-state index contributed by atoms with van der Waals surface area (Å²) in [5.74, 6) is 1.92. The fourth-order valence-electron chi connectivity index (χ4n) is 2.82. The molecule has 2 nitrogen and oxygen atoms in total. The molecular formula is C14H22BrNO. The SMILES string of the molecule is CNC(CC1CCCCCC1)c1ccc(Br)o1. The van der Waals surface area contributed by atoms with Crippen molar-refractivity contribution in [2.45, 2.75) is 51.0 Å². The van der Waals surface area contributed by atoms with E-state index in [1.54, 1.807) is 0 Å². The van der Waals surface area contributed by atoms with Crippen LogP contribution in [0.2, 0.25) is 0 Å².